The van der Waals surface area contributed by atoms with E-state index in [1.807, 2.05) is 24.3 Å². The Kier molecular flexibility index (Phi) is 4.98. The molecule has 112 valence electrons. The zero-order valence-corrected chi connectivity index (χ0v) is 12.7. The Labute approximate surface area is 129 Å². The second kappa shape index (κ2) is 6.74. The quantitative estimate of drug-likeness (QED) is 0.814. The van der Waals surface area contributed by atoms with E-state index in [1.54, 1.807) is 6.20 Å². The van der Waals surface area contributed by atoms with Crippen LogP contribution in [-0.2, 0) is 4.79 Å². The number of anilines is 2. The van der Waals surface area contributed by atoms with Gasteiger partial charge in [-0.2, -0.15) is 0 Å². The average molecular weight is 307 g/mol. The van der Waals surface area contributed by atoms with Gasteiger partial charge in [-0.1, -0.05) is 0 Å². The van der Waals surface area contributed by atoms with E-state index in [1.165, 1.54) is 6.92 Å². The molecule has 1 aromatic carbocycles. The summed E-state index contributed by atoms with van der Waals surface area (Å²) < 4.78 is 0. The molecule has 3 N–H and O–H groups in total. The number of halogens is 1. The summed E-state index contributed by atoms with van der Waals surface area (Å²) in [6.07, 6.45) is 2.86. The number of fused-ring (bicyclic) bond motifs is 1. The SMILES string of the molecule is CC(=O)Nc1ccc(N[C@H]2CCNC2)c2cccnc12.Cl. The molecule has 0 aliphatic carbocycles. The molecule has 1 amide bonds. The minimum absolute atomic E-state index is 0. The molecule has 3 rings (SSSR count). The first-order valence-electron chi connectivity index (χ1n) is 6.86. The smallest absolute Gasteiger partial charge is 0.221 e. The predicted molar refractivity (Wildman–Crippen MR) is 88.2 cm³/mol. The molecule has 1 atom stereocenters. The molecule has 21 heavy (non-hydrogen) atoms. The van der Waals surface area contributed by atoms with Gasteiger partial charge in [0.25, 0.3) is 0 Å². The monoisotopic (exact) mass is 306 g/mol. The lowest BCUT2D eigenvalue weighted by molar-refractivity contribution is -0.114. The molecule has 2 aromatic rings. The second-order valence-electron chi connectivity index (χ2n) is 5.08. The van der Waals surface area contributed by atoms with Crippen molar-refractivity contribution in [3.63, 3.8) is 0 Å². The molecular weight excluding hydrogens is 288 g/mol. The first-order chi connectivity index (χ1) is 9.74. The molecule has 1 aromatic heterocycles. The van der Waals surface area contributed by atoms with Gasteiger partial charge in [-0.3, -0.25) is 9.78 Å². The Morgan fingerprint density at radius 2 is 2.14 bits per heavy atom. The van der Waals surface area contributed by atoms with Gasteiger partial charge >= 0.3 is 0 Å². The number of amides is 1. The van der Waals surface area contributed by atoms with Gasteiger partial charge in [0.1, 0.15) is 0 Å². The fourth-order valence-corrected chi connectivity index (χ4v) is 2.59. The second-order valence-corrected chi connectivity index (χ2v) is 5.08. The Morgan fingerprint density at radius 1 is 1.33 bits per heavy atom. The van der Waals surface area contributed by atoms with Gasteiger partial charge < -0.3 is 16.0 Å². The number of pyridine rings is 1. The molecule has 1 saturated heterocycles. The van der Waals surface area contributed by atoms with Crippen molar-refractivity contribution < 1.29 is 4.79 Å². The van der Waals surface area contributed by atoms with Gasteiger partial charge in [0.2, 0.25) is 5.91 Å². The summed E-state index contributed by atoms with van der Waals surface area (Å²) in [4.78, 5) is 15.7. The van der Waals surface area contributed by atoms with Crippen LogP contribution in [0.15, 0.2) is 30.5 Å². The Morgan fingerprint density at radius 3 is 2.86 bits per heavy atom. The highest BCUT2D eigenvalue weighted by Crippen LogP contribution is 2.29. The minimum Gasteiger partial charge on any atom is -0.380 e. The summed E-state index contributed by atoms with van der Waals surface area (Å²) in [5.74, 6) is -0.0855. The molecule has 0 spiro atoms. The van der Waals surface area contributed by atoms with Crippen LogP contribution in [0.2, 0.25) is 0 Å². The van der Waals surface area contributed by atoms with Crippen LogP contribution in [0.1, 0.15) is 13.3 Å². The average Bonchev–Trinajstić information content (AvgIpc) is 2.94. The van der Waals surface area contributed by atoms with Gasteiger partial charge in [-0.25, -0.2) is 0 Å². The number of nitrogens with zero attached hydrogens (tertiary/aromatic N) is 1. The normalized spacial score (nSPS) is 17.3. The molecule has 0 unspecified atom stereocenters. The number of aromatic nitrogens is 1. The standard InChI is InChI=1S/C15H18N4O.ClH/c1-10(20)18-14-5-4-13(19-11-6-8-16-9-11)12-3-2-7-17-15(12)14;/h2-5,7,11,16,19H,6,8-9H2,1H3,(H,18,20);1H/t11-;/m0./s1. The first kappa shape index (κ1) is 15.5. The van der Waals surface area contributed by atoms with E-state index in [0.717, 1.165) is 41.8 Å². The number of hydrogen-bond acceptors (Lipinski definition) is 4. The van der Waals surface area contributed by atoms with Gasteiger partial charge in [0.15, 0.2) is 0 Å². The third-order valence-corrected chi connectivity index (χ3v) is 3.50. The largest absolute Gasteiger partial charge is 0.380 e. The van der Waals surface area contributed by atoms with Gasteiger partial charge in [-0.15, -0.1) is 12.4 Å². The Bertz CT molecular complexity index is 641. The van der Waals surface area contributed by atoms with Crippen molar-refractivity contribution in [2.24, 2.45) is 0 Å². The lowest BCUT2D eigenvalue weighted by atomic mass is 10.1. The summed E-state index contributed by atoms with van der Waals surface area (Å²) in [6, 6.07) is 8.30. The molecular formula is C15H19ClN4O. The van der Waals surface area contributed by atoms with Crippen LogP contribution in [0.4, 0.5) is 11.4 Å². The van der Waals surface area contributed by atoms with E-state index in [-0.39, 0.29) is 18.3 Å². The van der Waals surface area contributed by atoms with Crippen molar-refractivity contribution in [2.75, 3.05) is 23.7 Å². The van der Waals surface area contributed by atoms with Crippen LogP contribution in [-0.4, -0.2) is 30.0 Å². The van der Waals surface area contributed by atoms with Gasteiger partial charge in [-0.05, 0) is 37.2 Å². The van der Waals surface area contributed by atoms with E-state index >= 15 is 0 Å². The van der Waals surface area contributed by atoms with Crippen molar-refractivity contribution in [3.05, 3.63) is 30.5 Å². The molecule has 0 radical (unpaired) electrons. The van der Waals surface area contributed by atoms with Crippen molar-refractivity contribution >= 4 is 40.6 Å². The molecule has 6 heteroatoms. The van der Waals surface area contributed by atoms with E-state index in [9.17, 15) is 4.79 Å². The number of rotatable bonds is 3. The highest BCUT2D eigenvalue weighted by atomic mass is 35.5. The molecule has 0 saturated carbocycles. The van der Waals surface area contributed by atoms with E-state index < -0.39 is 0 Å². The van der Waals surface area contributed by atoms with E-state index in [0.29, 0.717) is 6.04 Å². The number of benzene rings is 1. The van der Waals surface area contributed by atoms with Crippen molar-refractivity contribution in [1.82, 2.24) is 10.3 Å². The Balaban J connectivity index is 0.00000161. The summed E-state index contributed by atoms with van der Waals surface area (Å²) in [7, 11) is 0. The van der Waals surface area contributed by atoms with Crippen molar-refractivity contribution in [1.29, 1.82) is 0 Å². The summed E-state index contributed by atoms with van der Waals surface area (Å²) in [6.45, 7) is 3.54. The Hall–Kier alpha value is -1.85. The van der Waals surface area contributed by atoms with Gasteiger partial charge in [0.05, 0.1) is 11.2 Å². The fourth-order valence-electron chi connectivity index (χ4n) is 2.59. The van der Waals surface area contributed by atoms with Crippen LogP contribution in [0, 0.1) is 0 Å². The lowest BCUT2D eigenvalue weighted by Gasteiger charge is -2.16. The molecule has 0 bridgehead atoms. The number of carbonyl (C=O) groups excluding carboxylic acids is 1. The maximum atomic E-state index is 11.3. The minimum atomic E-state index is -0.0855. The van der Waals surface area contributed by atoms with Gasteiger partial charge in [0, 0.05) is 36.8 Å². The number of nitrogens with one attached hydrogen (secondary N) is 3. The van der Waals surface area contributed by atoms with E-state index in [4.69, 9.17) is 0 Å². The van der Waals surface area contributed by atoms with Crippen molar-refractivity contribution in [2.45, 2.75) is 19.4 Å². The molecule has 1 fully saturated rings. The third kappa shape index (κ3) is 3.43. The first-order valence-corrected chi connectivity index (χ1v) is 6.86. The van der Waals surface area contributed by atoms with Crippen LogP contribution in [0.25, 0.3) is 10.9 Å². The zero-order chi connectivity index (χ0) is 13.9. The molecule has 1 aliphatic heterocycles. The number of carbonyl (C=O) groups is 1. The highest BCUT2D eigenvalue weighted by Gasteiger charge is 2.16. The maximum Gasteiger partial charge on any atom is 0.221 e. The lowest BCUT2D eigenvalue weighted by Crippen LogP contribution is -2.22. The summed E-state index contributed by atoms with van der Waals surface area (Å²) >= 11 is 0. The van der Waals surface area contributed by atoms with Crippen LogP contribution in [0.3, 0.4) is 0 Å². The summed E-state index contributed by atoms with van der Waals surface area (Å²) in [5, 5.41) is 10.8. The maximum absolute atomic E-state index is 11.3. The zero-order valence-electron chi connectivity index (χ0n) is 11.8. The van der Waals surface area contributed by atoms with Crippen LogP contribution in [0.5, 0.6) is 0 Å². The van der Waals surface area contributed by atoms with Crippen LogP contribution < -0.4 is 16.0 Å². The molecule has 2 heterocycles. The number of hydrogen-bond donors (Lipinski definition) is 3. The predicted octanol–water partition coefficient (Wildman–Crippen LogP) is 2.39. The van der Waals surface area contributed by atoms with Crippen LogP contribution >= 0.6 is 12.4 Å². The molecule has 1 aliphatic rings. The van der Waals surface area contributed by atoms with E-state index in [2.05, 4.69) is 20.9 Å². The topological polar surface area (TPSA) is 66.1 Å². The summed E-state index contributed by atoms with van der Waals surface area (Å²) in [5.41, 5.74) is 2.64. The highest BCUT2D eigenvalue weighted by molar-refractivity contribution is 6.04. The van der Waals surface area contributed by atoms with Crippen molar-refractivity contribution in [3.8, 4) is 0 Å². The fraction of sp³-hybridized carbons (Fsp3) is 0.333. The third-order valence-electron chi connectivity index (χ3n) is 3.50. The molecule has 5 nitrogen and oxygen atoms in total.